The second kappa shape index (κ2) is 10.0. The third kappa shape index (κ3) is 5.06. The Kier molecular flexibility index (Phi) is 6.52. The highest BCUT2D eigenvalue weighted by Gasteiger charge is 2.30. The van der Waals surface area contributed by atoms with Crippen molar-refractivity contribution < 1.29 is 28.9 Å². The molecule has 0 saturated heterocycles. The predicted molar refractivity (Wildman–Crippen MR) is 130 cm³/mol. The van der Waals surface area contributed by atoms with Crippen LogP contribution in [0.5, 0.6) is 5.75 Å². The molecular formula is C28H25NO6. The fourth-order valence-electron chi connectivity index (χ4n) is 4.11. The molecule has 1 aliphatic heterocycles. The number of hydrogen-bond donors (Lipinski definition) is 3. The summed E-state index contributed by atoms with van der Waals surface area (Å²) in [5.74, 6) is -0.589. The lowest BCUT2D eigenvalue weighted by molar-refractivity contribution is -0.147. The summed E-state index contributed by atoms with van der Waals surface area (Å²) < 4.78 is 17.7. The number of rotatable bonds is 7. The van der Waals surface area contributed by atoms with Crippen molar-refractivity contribution in [3.63, 3.8) is 0 Å². The maximum Gasteiger partial charge on any atom is 0.290 e. The van der Waals surface area contributed by atoms with Gasteiger partial charge >= 0.3 is 0 Å². The predicted octanol–water partition coefficient (Wildman–Crippen LogP) is 5.20. The van der Waals surface area contributed by atoms with Crippen LogP contribution in [-0.2, 0) is 27.5 Å². The van der Waals surface area contributed by atoms with Crippen molar-refractivity contribution in [3.8, 4) is 5.75 Å². The Labute approximate surface area is 202 Å². The normalized spacial score (nSPS) is 17.6. The lowest BCUT2D eigenvalue weighted by atomic mass is 9.92. The zero-order valence-corrected chi connectivity index (χ0v) is 18.9. The van der Waals surface area contributed by atoms with Crippen LogP contribution in [0, 0.1) is 0 Å². The molecule has 0 fully saturated rings. The van der Waals surface area contributed by atoms with E-state index in [9.17, 15) is 15.0 Å². The Morgan fingerprint density at radius 1 is 1.00 bits per heavy atom. The summed E-state index contributed by atoms with van der Waals surface area (Å²) in [5, 5.41) is 23.0. The van der Waals surface area contributed by atoms with Gasteiger partial charge in [-0.05, 0) is 35.4 Å². The number of nitrogens with one attached hydrogen (secondary N) is 1. The zero-order chi connectivity index (χ0) is 24.2. The molecule has 1 aliphatic rings. The maximum atomic E-state index is 13.1. The molecule has 3 N–H and O–H groups in total. The smallest absolute Gasteiger partial charge is 0.290 e. The van der Waals surface area contributed by atoms with Gasteiger partial charge in [-0.2, -0.15) is 0 Å². The molecule has 4 aromatic rings. The van der Waals surface area contributed by atoms with Crippen LogP contribution in [0.3, 0.4) is 0 Å². The molecule has 3 aromatic carbocycles. The Morgan fingerprint density at radius 2 is 1.74 bits per heavy atom. The van der Waals surface area contributed by atoms with E-state index in [0.717, 1.165) is 27.7 Å². The Balaban J connectivity index is 1.39. The van der Waals surface area contributed by atoms with Crippen molar-refractivity contribution in [1.29, 1.82) is 0 Å². The van der Waals surface area contributed by atoms with Gasteiger partial charge < -0.3 is 29.4 Å². The van der Waals surface area contributed by atoms with E-state index < -0.39 is 12.2 Å². The molecule has 2 heterocycles. The molecule has 0 bridgehead atoms. The molecule has 1 amide bonds. The van der Waals surface area contributed by atoms with Crippen LogP contribution in [0.4, 0.5) is 5.69 Å². The molecule has 0 radical (unpaired) electrons. The monoisotopic (exact) mass is 471 g/mol. The minimum atomic E-state index is -0.679. The van der Waals surface area contributed by atoms with E-state index in [0.29, 0.717) is 12.1 Å². The van der Waals surface area contributed by atoms with E-state index in [4.69, 9.17) is 13.9 Å². The quantitative estimate of drug-likeness (QED) is 0.320. The SMILES string of the molecule is O=C(Nc1ccccc1O)C1=CC(c2coc3ccccc23)CC(OCc2ccc(CO)cc2)O1. The fraction of sp³-hybridized carbons (Fsp3) is 0.179. The van der Waals surface area contributed by atoms with E-state index in [1.807, 2.05) is 48.5 Å². The summed E-state index contributed by atoms with van der Waals surface area (Å²) in [6.45, 7) is 0.261. The number of aliphatic hydroxyl groups is 1. The highest BCUT2D eigenvalue weighted by atomic mass is 16.7. The van der Waals surface area contributed by atoms with Crippen LogP contribution in [-0.4, -0.2) is 22.4 Å². The van der Waals surface area contributed by atoms with Crippen LogP contribution < -0.4 is 5.32 Å². The first kappa shape index (κ1) is 22.7. The number of furan rings is 1. The summed E-state index contributed by atoms with van der Waals surface area (Å²) in [4.78, 5) is 13.1. The molecule has 7 nitrogen and oxygen atoms in total. The van der Waals surface area contributed by atoms with E-state index in [2.05, 4.69) is 5.32 Å². The number of fused-ring (bicyclic) bond motifs is 1. The number of carbonyl (C=O) groups is 1. The molecule has 0 aliphatic carbocycles. The molecule has 2 unspecified atom stereocenters. The fourth-order valence-corrected chi connectivity index (χ4v) is 4.11. The van der Waals surface area contributed by atoms with Crippen molar-refractivity contribution in [3.05, 3.63) is 108 Å². The number of amides is 1. The highest BCUT2D eigenvalue weighted by Crippen LogP contribution is 2.37. The van der Waals surface area contributed by atoms with E-state index in [-0.39, 0.29) is 30.6 Å². The molecular weight excluding hydrogens is 446 g/mol. The number of phenols is 1. The van der Waals surface area contributed by atoms with E-state index in [1.54, 1.807) is 30.5 Å². The van der Waals surface area contributed by atoms with Crippen molar-refractivity contribution in [2.45, 2.75) is 31.8 Å². The number of para-hydroxylation sites is 3. The maximum absolute atomic E-state index is 13.1. The average molecular weight is 472 g/mol. The van der Waals surface area contributed by atoms with Crippen LogP contribution in [0.1, 0.15) is 29.0 Å². The standard InChI is InChI=1S/C28H25NO6/c30-15-18-9-11-19(12-10-18)16-34-27-14-20(22-17-33-25-8-4-1-5-21(22)25)13-26(35-27)28(32)29-23-6-2-3-7-24(23)31/h1-13,17,20,27,30-31H,14-16H2,(H,29,32). The van der Waals surface area contributed by atoms with Gasteiger partial charge in [-0.25, -0.2) is 0 Å². The van der Waals surface area contributed by atoms with E-state index in [1.165, 1.54) is 6.07 Å². The van der Waals surface area contributed by atoms with Crippen molar-refractivity contribution >= 4 is 22.6 Å². The Morgan fingerprint density at radius 3 is 2.54 bits per heavy atom. The molecule has 35 heavy (non-hydrogen) atoms. The minimum absolute atomic E-state index is 0.0204. The largest absolute Gasteiger partial charge is 0.506 e. The van der Waals surface area contributed by atoms with Gasteiger partial charge in [0.15, 0.2) is 5.76 Å². The molecule has 5 rings (SSSR count). The van der Waals surface area contributed by atoms with Gasteiger partial charge in [-0.3, -0.25) is 4.79 Å². The second-order valence-electron chi connectivity index (χ2n) is 8.36. The number of allylic oxidation sites excluding steroid dienone is 1. The Bertz CT molecular complexity index is 1360. The Hall–Kier alpha value is -4.07. The summed E-state index contributed by atoms with van der Waals surface area (Å²) >= 11 is 0. The average Bonchev–Trinajstić information content (AvgIpc) is 3.33. The number of aliphatic hydroxyl groups excluding tert-OH is 1. The molecule has 0 spiro atoms. The molecule has 178 valence electrons. The number of aromatic hydroxyl groups is 1. The number of hydrogen-bond acceptors (Lipinski definition) is 6. The first-order valence-electron chi connectivity index (χ1n) is 11.3. The summed E-state index contributed by atoms with van der Waals surface area (Å²) in [6.07, 6.45) is 3.29. The van der Waals surface area contributed by atoms with Gasteiger partial charge in [0.25, 0.3) is 5.91 Å². The zero-order valence-electron chi connectivity index (χ0n) is 18.9. The highest BCUT2D eigenvalue weighted by molar-refractivity contribution is 6.03. The van der Waals surface area contributed by atoms with Crippen molar-refractivity contribution in [2.24, 2.45) is 0 Å². The molecule has 7 heteroatoms. The third-order valence-corrected chi connectivity index (χ3v) is 5.99. The van der Waals surface area contributed by atoms with Gasteiger partial charge in [0.2, 0.25) is 6.29 Å². The first-order chi connectivity index (χ1) is 17.1. The minimum Gasteiger partial charge on any atom is -0.506 e. The van der Waals surface area contributed by atoms with Gasteiger partial charge in [0, 0.05) is 23.3 Å². The van der Waals surface area contributed by atoms with Crippen molar-refractivity contribution in [1.82, 2.24) is 0 Å². The number of phenolic OH excluding ortho intramolecular Hbond substituents is 1. The number of benzene rings is 3. The molecule has 0 saturated carbocycles. The lowest BCUT2D eigenvalue weighted by Crippen LogP contribution is -2.29. The summed E-state index contributed by atoms with van der Waals surface area (Å²) in [5.41, 5.74) is 3.74. The number of anilines is 1. The first-order valence-corrected chi connectivity index (χ1v) is 11.3. The number of carbonyl (C=O) groups excluding carboxylic acids is 1. The molecule has 2 atom stereocenters. The van der Waals surface area contributed by atoms with Crippen LogP contribution >= 0.6 is 0 Å². The van der Waals surface area contributed by atoms with Gasteiger partial charge in [-0.1, -0.05) is 54.6 Å². The van der Waals surface area contributed by atoms with Crippen LogP contribution in [0.2, 0.25) is 0 Å². The van der Waals surface area contributed by atoms with E-state index >= 15 is 0 Å². The summed E-state index contributed by atoms with van der Waals surface area (Å²) in [7, 11) is 0. The second-order valence-corrected chi connectivity index (χ2v) is 8.36. The number of ether oxygens (including phenoxy) is 2. The van der Waals surface area contributed by atoms with Crippen LogP contribution in [0.25, 0.3) is 11.0 Å². The van der Waals surface area contributed by atoms with Gasteiger partial charge in [0.05, 0.1) is 25.2 Å². The van der Waals surface area contributed by atoms with Gasteiger partial charge in [-0.15, -0.1) is 0 Å². The lowest BCUT2D eigenvalue weighted by Gasteiger charge is -2.29. The summed E-state index contributed by atoms with van der Waals surface area (Å²) in [6, 6.07) is 21.7. The van der Waals surface area contributed by atoms with Gasteiger partial charge in [0.1, 0.15) is 11.3 Å². The van der Waals surface area contributed by atoms with Crippen LogP contribution in [0.15, 0.2) is 95.3 Å². The molecule has 1 aromatic heterocycles. The third-order valence-electron chi connectivity index (χ3n) is 5.99. The topological polar surface area (TPSA) is 101 Å². The van der Waals surface area contributed by atoms with Crippen molar-refractivity contribution in [2.75, 3.05) is 5.32 Å².